The molecule has 102 valence electrons. The Morgan fingerprint density at radius 2 is 2.00 bits per heavy atom. The van der Waals surface area contributed by atoms with Gasteiger partial charge in [0.1, 0.15) is 0 Å². The third kappa shape index (κ3) is 4.39. The van der Waals surface area contributed by atoms with E-state index in [2.05, 4.69) is 21.2 Å². The molecule has 19 heavy (non-hydrogen) atoms. The van der Waals surface area contributed by atoms with Gasteiger partial charge in [-0.25, -0.2) is 13.6 Å². The van der Waals surface area contributed by atoms with Crippen LogP contribution >= 0.6 is 27.3 Å². The van der Waals surface area contributed by atoms with E-state index in [1.807, 2.05) is 18.2 Å². The van der Waals surface area contributed by atoms with E-state index in [0.29, 0.717) is 6.54 Å². The number of halogens is 1. The van der Waals surface area contributed by atoms with Gasteiger partial charge in [0.05, 0.1) is 8.68 Å². The summed E-state index contributed by atoms with van der Waals surface area (Å²) in [5, 5.41) is 8.36. The van der Waals surface area contributed by atoms with E-state index in [9.17, 15) is 8.42 Å². The van der Waals surface area contributed by atoms with Crippen molar-refractivity contribution in [2.24, 2.45) is 5.14 Å². The van der Waals surface area contributed by atoms with Crippen molar-refractivity contribution in [3.8, 4) is 0 Å². The molecule has 0 fully saturated rings. The predicted octanol–water partition coefficient (Wildman–Crippen LogP) is 2.45. The largest absolute Gasteiger partial charge is 0.308 e. The zero-order chi connectivity index (χ0) is 13.9. The van der Waals surface area contributed by atoms with Crippen LogP contribution in [0.3, 0.4) is 0 Å². The average Bonchev–Trinajstić information content (AvgIpc) is 2.74. The molecule has 0 aliphatic rings. The van der Waals surface area contributed by atoms with Crippen LogP contribution in [0.15, 0.2) is 45.1 Å². The molecule has 0 amide bonds. The Morgan fingerprint density at radius 1 is 1.21 bits per heavy atom. The van der Waals surface area contributed by atoms with Crippen LogP contribution < -0.4 is 10.5 Å². The zero-order valence-electron chi connectivity index (χ0n) is 9.97. The number of hydrogen-bond acceptors (Lipinski definition) is 4. The summed E-state index contributed by atoms with van der Waals surface area (Å²) in [4.78, 5) is 1.36. The minimum absolute atomic E-state index is 0.144. The second kappa shape index (κ2) is 6.15. The van der Waals surface area contributed by atoms with Crippen LogP contribution in [0.25, 0.3) is 0 Å². The predicted molar refractivity (Wildman–Crippen MR) is 80.4 cm³/mol. The first-order chi connectivity index (χ1) is 8.95. The molecule has 1 aromatic carbocycles. The quantitative estimate of drug-likeness (QED) is 0.859. The molecule has 3 N–H and O–H groups in total. The summed E-state index contributed by atoms with van der Waals surface area (Å²) in [5.41, 5.74) is 0.891. The Balaban J connectivity index is 1.96. The summed E-state index contributed by atoms with van der Waals surface area (Å²) < 4.78 is 23.6. The van der Waals surface area contributed by atoms with E-state index in [4.69, 9.17) is 5.14 Å². The second-order valence-electron chi connectivity index (χ2n) is 4.00. The van der Waals surface area contributed by atoms with Gasteiger partial charge < -0.3 is 5.32 Å². The van der Waals surface area contributed by atoms with Gasteiger partial charge in [-0.05, 0) is 45.8 Å². The fourth-order valence-corrected chi connectivity index (χ4v) is 3.65. The van der Waals surface area contributed by atoms with Crippen molar-refractivity contribution in [3.63, 3.8) is 0 Å². The van der Waals surface area contributed by atoms with Gasteiger partial charge in [0.2, 0.25) is 10.0 Å². The lowest BCUT2D eigenvalue weighted by Crippen LogP contribution is -2.14. The molecule has 1 aromatic heterocycles. The molecule has 0 unspecified atom stereocenters. The van der Waals surface area contributed by atoms with Gasteiger partial charge in [0, 0.05) is 18.0 Å². The summed E-state index contributed by atoms with van der Waals surface area (Å²) in [7, 11) is -3.63. The van der Waals surface area contributed by atoms with Crippen LogP contribution in [0.2, 0.25) is 0 Å². The van der Waals surface area contributed by atoms with Crippen LogP contribution in [-0.2, 0) is 23.1 Å². The van der Waals surface area contributed by atoms with E-state index in [0.717, 1.165) is 15.9 Å². The molecule has 0 saturated carbocycles. The smallest absolute Gasteiger partial charge is 0.238 e. The van der Waals surface area contributed by atoms with Crippen LogP contribution in [0.1, 0.15) is 10.4 Å². The molecule has 0 radical (unpaired) electrons. The maximum atomic E-state index is 11.2. The maximum Gasteiger partial charge on any atom is 0.238 e. The molecule has 0 atom stereocenters. The molecule has 0 aliphatic heterocycles. The number of thiophene rings is 1. The lowest BCUT2D eigenvalue weighted by Gasteiger charge is -2.05. The highest BCUT2D eigenvalue weighted by atomic mass is 79.9. The van der Waals surface area contributed by atoms with Crippen molar-refractivity contribution in [3.05, 3.63) is 50.6 Å². The second-order valence-corrected chi connectivity index (χ2v) is 8.11. The molecule has 4 nitrogen and oxygen atoms in total. The Labute approximate surface area is 124 Å². The molecule has 2 aromatic rings. The Hall–Kier alpha value is -0.730. The molecular formula is C12H13BrN2O2S2. The molecule has 0 bridgehead atoms. The van der Waals surface area contributed by atoms with Gasteiger partial charge in [0.15, 0.2) is 0 Å². The maximum absolute atomic E-state index is 11.2. The SMILES string of the molecule is NS(=O)(=O)c1cccc(CNCc2ccc(Br)s2)c1. The van der Waals surface area contributed by atoms with Gasteiger partial charge in [-0.15, -0.1) is 11.3 Å². The van der Waals surface area contributed by atoms with Crippen LogP contribution in [0.4, 0.5) is 0 Å². The highest BCUT2D eigenvalue weighted by Crippen LogP contribution is 2.21. The minimum atomic E-state index is -3.63. The third-order valence-corrected chi connectivity index (χ3v) is 5.02. The average molecular weight is 361 g/mol. The number of hydrogen-bond donors (Lipinski definition) is 2. The molecular weight excluding hydrogens is 348 g/mol. The first-order valence-corrected chi connectivity index (χ1v) is 8.67. The lowest BCUT2D eigenvalue weighted by atomic mass is 10.2. The van der Waals surface area contributed by atoms with Crippen molar-refractivity contribution in [2.75, 3.05) is 0 Å². The molecule has 1 heterocycles. The number of nitrogens with two attached hydrogens (primary N) is 1. The summed E-state index contributed by atoms with van der Waals surface area (Å²) in [6.45, 7) is 1.34. The van der Waals surface area contributed by atoms with Crippen LogP contribution in [0.5, 0.6) is 0 Å². The number of sulfonamides is 1. The van der Waals surface area contributed by atoms with Gasteiger partial charge >= 0.3 is 0 Å². The van der Waals surface area contributed by atoms with E-state index < -0.39 is 10.0 Å². The van der Waals surface area contributed by atoms with E-state index in [1.54, 1.807) is 23.5 Å². The summed E-state index contributed by atoms with van der Waals surface area (Å²) in [5.74, 6) is 0. The van der Waals surface area contributed by atoms with E-state index >= 15 is 0 Å². The summed E-state index contributed by atoms with van der Waals surface area (Å²) >= 11 is 5.08. The fourth-order valence-electron chi connectivity index (χ4n) is 1.61. The molecule has 0 spiro atoms. The van der Waals surface area contributed by atoms with Crippen molar-refractivity contribution in [2.45, 2.75) is 18.0 Å². The lowest BCUT2D eigenvalue weighted by molar-refractivity contribution is 0.597. The zero-order valence-corrected chi connectivity index (χ0v) is 13.2. The van der Waals surface area contributed by atoms with Crippen LogP contribution in [0, 0.1) is 0 Å². The molecule has 7 heteroatoms. The number of nitrogens with one attached hydrogen (secondary N) is 1. The van der Waals surface area contributed by atoms with Crippen LogP contribution in [-0.4, -0.2) is 8.42 Å². The van der Waals surface area contributed by atoms with Crippen molar-refractivity contribution in [1.82, 2.24) is 5.32 Å². The van der Waals surface area contributed by atoms with Crippen molar-refractivity contribution >= 4 is 37.3 Å². The minimum Gasteiger partial charge on any atom is -0.308 e. The third-order valence-electron chi connectivity index (χ3n) is 2.48. The normalized spacial score (nSPS) is 11.7. The fraction of sp³-hybridized carbons (Fsp3) is 0.167. The van der Waals surface area contributed by atoms with E-state index in [-0.39, 0.29) is 4.90 Å². The number of benzene rings is 1. The van der Waals surface area contributed by atoms with Crippen molar-refractivity contribution in [1.29, 1.82) is 0 Å². The standard InChI is InChI=1S/C12H13BrN2O2S2/c13-12-5-4-10(18-12)8-15-7-9-2-1-3-11(6-9)19(14,16)17/h1-6,15H,7-8H2,(H2,14,16,17). The van der Waals surface area contributed by atoms with Crippen molar-refractivity contribution < 1.29 is 8.42 Å². The number of rotatable bonds is 5. The van der Waals surface area contributed by atoms with E-state index in [1.165, 1.54) is 10.9 Å². The highest BCUT2D eigenvalue weighted by molar-refractivity contribution is 9.11. The Morgan fingerprint density at radius 3 is 2.63 bits per heavy atom. The Kier molecular flexibility index (Phi) is 4.75. The van der Waals surface area contributed by atoms with Gasteiger partial charge in [-0.1, -0.05) is 12.1 Å². The highest BCUT2D eigenvalue weighted by Gasteiger charge is 2.07. The van der Waals surface area contributed by atoms with Gasteiger partial charge in [-0.3, -0.25) is 0 Å². The van der Waals surface area contributed by atoms with Gasteiger partial charge in [-0.2, -0.15) is 0 Å². The molecule has 0 saturated heterocycles. The molecule has 2 rings (SSSR count). The monoisotopic (exact) mass is 360 g/mol. The summed E-state index contributed by atoms with van der Waals surface area (Å²) in [6.07, 6.45) is 0. The first kappa shape index (κ1) is 14.7. The topological polar surface area (TPSA) is 72.2 Å². The Bertz CT molecular complexity index is 668. The number of primary sulfonamides is 1. The van der Waals surface area contributed by atoms with Gasteiger partial charge in [0.25, 0.3) is 0 Å². The summed E-state index contributed by atoms with van der Waals surface area (Å²) in [6, 6.07) is 10.7. The first-order valence-electron chi connectivity index (χ1n) is 5.52. The molecule has 0 aliphatic carbocycles.